The molecule has 0 fully saturated rings. The number of fused-ring (bicyclic) bond motifs is 1. The highest BCUT2D eigenvalue weighted by molar-refractivity contribution is 7.12. The molecule has 28 heavy (non-hydrogen) atoms. The second-order valence-corrected chi connectivity index (χ2v) is 8.11. The zero-order chi connectivity index (χ0) is 19.7. The molecule has 3 heterocycles. The van der Waals surface area contributed by atoms with Crippen molar-refractivity contribution in [2.24, 2.45) is 0 Å². The lowest BCUT2D eigenvalue weighted by atomic mass is 10.1. The molecular weight excluding hydrogens is 370 g/mol. The summed E-state index contributed by atoms with van der Waals surface area (Å²) in [5, 5.41) is 12.4. The quantitative estimate of drug-likeness (QED) is 0.560. The van der Waals surface area contributed by atoms with E-state index in [-0.39, 0.29) is 18.4 Å². The lowest BCUT2D eigenvalue weighted by Gasteiger charge is -2.12. The van der Waals surface area contributed by atoms with Crippen molar-refractivity contribution in [1.29, 1.82) is 0 Å². The summed E-state index contributed by atoms with van der Waals surface area (Å²) in [5.74, 6) is 0.653. The second-order valence-electron chi connectivity index (χ2n) is 6.82. The third kappa shape index (κ3) is 3.66. The summed E-state index contributed by atoms with van der Waals surface area (Å²) in [5.41, 5.74) is 3.88. The number of amides is 1. The van der Waals surface area contributed by atoms with E-state index in [0.29, 0.717) is 5.82 Å². The molecular formula is C21H21N5OS. The number of hydrogen-bond acceptors (Lipinski definition) is 5. The summed E-state index contributed by atoms with van der Waals surface area (Å²) < 4.78 is 1.89. The van der Waals surface area contributed by atoms with Crippen molar-refractivity contribution in [3.8, 4) is 11.3 Å². The van der Waals surface area contributed by atoms with Crippen LogP contribution in [0.5, 0.6) is 0 Å². The normalized spacial score (nSPS) is 12.2. The minimum atomic E-state index is -0.248. The molecule has 0 radical (unpaired) electrons. The van der Waals surface area contributed by atoms with Crippen LogP contribution in [0.15, 0.2) is 48.7 Å². The van der Waals surface area contributed by atoms with E-state index in [4.69, 9.17) is 0 Å². The Labute approximate surface area is 167 Å². The second kappa shape index (κ2) is 7.52. The Morgan fingerprint density at radius 1 is 1.14 bits per heavy atom. The van der Waals surface area contributed by atoms with Gasteiger partial charge in [0.1, 0.15) is 0 Å². The lowest BCUT2D eigenvalue weighted by Crippen LogP contribution is -2.29. The Morgan fingerprint density at radius 2 is 1.93 bits per heavy atom. The Hall–Kier alpha value is -3.06. The monoisotopic (exact) mass is 391 g/mol. The number of thiazole rings is 1. The van der Waals surface area contributed by atoms with Crippen LogP contribution < -0.4 is 5.32 Å². The fraction of sp³-hybridized carbons (Fsp3) is 0.238. The van der Waals surface area contributed by atoms with E-state index in [0.717, 1.165) is 26.8 Å². The van der Waals surface area contributed by atoms with Gasteiger partial charge >= 0.3 is 0 Å². The first kappa shape index (κ1) is 18.3. The van der Waals surface area contributed by atoms with Gasteiger partial charge < -0.3 is 5.32 Å². The molecule has 0 saturated heterocycles. The number of nitrogens with zero attached hydrogens (tertiary/aromatic N) is 4. The highest BCUT2D eigenvalue weighted by Crippen LogP contribution is 2.29. The van der Waals surface area contributed by atoms with Crippen molar-refractivity contribution < 1.29 is 4.79 Å². The number of carbonyl (C=O) groups excluding carboxylic acids is 1. The maximum absolute atomic E-state index is 12.7. The molecule has 0 bridgehead atoms. The number of pyridine rings is 1. The number of nitrogens with one attached hydrogen (secondary N) is 1. The van der Waals surface area contributed by atoms with Crippen LogP contribution in [0.1, 0.15) is 34.2 Å². The molecule has 4 rings (SSSR count). The van der Waals surface area contributed by atoms with Gasteiger partial charge in [-0.15, -0.1) is 21.5 Å². The number of carbonyl (C=O) groups is 1. The number of rotatable bonds is 5. The molecule has 7 heteroatoms. The van der Waals surface area contributed by atoms with Crippen molar-refractivity contribution in [1.82, 2.24) is 24.9 Å². The van der Waals surface area contributed by atoms with Crippen molar-refractivity contribution in [2.45, 2.75) is 33.2 Å². The van der Waals surface area contributed by atoms with Gasteiger partial charge in [-0.25, -0.2) is 4.98 Å². The third-order valence-corrected chi connectivity index (χ3v) is 5.53. The van der Waals surface area contributed by atoms with Crippen LogP contribution in [0.2, 0.25) is 0 Å². The van der Waals surface area contributed by atoms with Crippen LogP contribution in [-0.4, -0.2) is 25.5 Å². The average molecular weight is 392 g/mol. The predicted octanol–water partition coefficient (Wildman–Crippen LogP) is 3.89. The number of aromatic nitrogens is 4. The first-order valence-electron chi connectivity index (χ1n) is 9.13. The van der Waals surface area contributed by atoms with Crippen LogP contribution in [0, 0.1) is 13.8 Å². The van der Waals surface area contributed by atoms with E-state index in [2.05, 4.69) is 51.7 Å². The molecule has 3 aromatic heterocycles. The number of hydrogen-bond donors (Lipinski definition) is 1. The van der Waals surface area contributed by atoms with Crippen molar-refractivity contribution in [3.05, 3.63) is 69.9 Å². The van der Waals surface area contributed by atoms with E-state index in [1.807, 2.05) is 42.6 Å². The minimum Gasteiger partial charge on any atom is -0.346 e. The molecule has 1 aromatic carbocycles. The standard InChI is InChI=1S/C21H21N5OS/c1-13-7-9-16(10-8-13)20-17(28-15(3)23-20)12-19(27)22-14(2)21-25-24-18-6-4-5-11-26(18)21/h4-11,14H,12H2,1-3H3,(H,22,27). The Bertz CT molecular complexity index is 1130. The van der Waals surface area contributed by atoms with Crippen LogP contribution >= 0.6 is 11.3 Å². The molecule has 0 aliphatic carbocycles. The molecule has 6 nitrogen and oxygen atoms in total. The fourth-order valence-electron chi connectivity index (χ4n) is 3.18. The summed E-state index contributed by atoms with van der Waals surface area (Å²) in [4.78, 5) is 18.3. The van der Waals surface area contributed by atoms with Crippen LogP contribution in [0.4, 0.5) is 0 Å². The van der Waals surface area contributed by atoms with Crippen LogP contribution in [-0.2, 0) is 11.2 Å². The smallest absolute Gasteiger partial charge is 0.225 e. The molecule has 1 N–H and O–H groups in total. The lowest BCUT2D eigenvalue weighted by molar-refractivity contribution is -0.121. The third-order valence-electron chi connectivity index (χ3n) is 4.56. The topological polar surface area (TPSA) is 72.2 Å². The summed E-state index contributed by atoms with van der Waals surface area (Å²) in [7, 11) is 0. The van der Waals surface area contributed by atoms with Gasteiger partial charge in [0, 0.05) is 16.6 Å². The summed E-state index contributed by atoms with van der Waals surface area (Å²) in [6.45, 7) is 5.94. The van der Waals surface area contributed by atoms with Gasteiger partial charge in [-0.1, -0.05) is 35.9 Å². The largest absolute Gasteiger partial charge is 0.346 e. The van der Waals surface area contributed by atoms with Gasteiger partial charge in [0.05, 0.1) is 23.2 Å². The van der Waals surface area contributed by atoms with Crippen molar-refractivity contribution in [3.63, 3.8) is 0 Å². The van der Waals surface area contributed by atoms with Gasteiger partial charge in [0.15, 0.2) is 11.5 Å². The fourth-order valence-corrected chi connectivity index (χ4v) is 4.14. The van der Waals surface area contributed by atoms with E-state index in [9.17, 15) is 4.79 Å². The van der Waals surface area contributed by atoms with Gasteiger partial charge in [-0.2, -0.15) is 0 Å². The minimum absolute atomic E-state index is 0.0582. The molecule has 4 aromatic rings. The van der Waals surface area contributed by atoms with E-state index in [1.54, 1.807) is 11.3 Å². The molecule has 0 spiro atoms. The molecule has 1 unspecified atom stereocenters. The van der Waals surface area contributed by atoms with Crippen LogP contribution in [0.25, 0.3) is 16.9 Å². The Kier molecular flexibility index (Phi) is 4.92. The van der Waals surface area contributed by atoms with Gasteiger partial charge in [-0.05, 0) is 32.9 Å². The molecule has 1 atom stereocenters. The van der Waals surface area contributed by atoms with Gasteiger partial charge in [0.2, 0.25) is 5.91 Å². The van der Waals surface area contributed by atoms with Gasteiger partial charge in [0.25, 0.3) is 0 Å². The summed E-state index contributed by atoms with van der Waals surface area (Å²) in [6.07, 6.45) is 2.19. The predicted molar refractivity (Wildman–Crippen MR) is 110 cm³/mol. The maximum Gasteiger partial charge on any atom is 0.225 e. The van der Waals surface area contributed by atoms with E-state index >= 15 is 0 Å². The Morgan fingerprint density at radius 3 is 2.71 bits per heavy atom. The SMILES string of the molecule is Cc1ccc(-c2nc(C)sc2CC(=O)NC(C)c2nnc3ccccn23)cc1. The average Bonchev–Trinajstić information content (AvgIpc) is 3.25. The zero-order valence-corrected chi connectivity index (χ0v) is 16.8. The Balaban J connectivity index is 1.52. The van der Waals surface area contributed by atoms with Crippen molar-refractivity contribution >= 4 is 22.9 Å². The summed E-state index contributed by atoms with van der Waals surface area (Å²) in [6, 6.07) is 13.7. The molecule has 0 aliphatic rings. The van der Waals surface area contributed by atoms with E-state index in [1.165, 1.54) is 5.56 Å². The number of aryl methyl sites for hydroxylation is 2. The number of benzene rings is 1. The van der Waals surface area contributed by atoms with Gasteiger partial charge in [-0.3, -0.25) is 9.20 Å². The maximum atomic E-state index is 12.7. The highest BCUT2D eigenvalue weighted by Gasteiger charge is 2.19. The molecule has 0 aliphatic heterocycles. The van der Waals surface area contributed by atoms with E-state index < -0.39 is 0 Å². The first-order valence-corrected chi connectivity index (χ1v) is 9.95. The zero-order valence-electron chi connectivity index (χ0n) is 16.0. The van der Waals surface area contributed by atoms with Crippen molar-refractivity contribution in [2.75, 3.05) is 0 Å². The molecule has 1 amide bonds. The summed E-state index contributed by atoms with van der Waals surface area (Å²) >= 11 is 1.56. The first-order chi connectivity index (χ1) is 13.5. The molecule has 142 valence electrons. The molecule has 0 saturated carbocycles. The van der Waals surface area contributed by atoms with Crippen LogP contribution in [0.3, 0.4) is 0 Å². The highest BCUT2D eigenvalue weighted by atomic mass is 32.1.